The zero-order chi connectivity index (χ0) is 80.0. The van der Waals surface area contributed by atoms with Gasteiger partial charge in [-0.1, -0.05) is 110 Å². The van der Waals surface area contributed by atoms with Gasteiger partial charge in [0.2, 0.25) is 65.0 Å². The molecule has 6 aromatic rings. The summed E-state index contributed by atoms with van der Waals surface area (Å²) in [5.74, 6) is -8.70. The number of aromatic nitrogens is 1. The van der Waals surface area contributed by atoms with Crippen LogP contribution in [-0.4, -0.2) is 197 Å². The summed E-state index contributed by atoms with van der Waals surface area (Å²) in [5.41, 5.74) is 19.4. The SMILES string of the molecule is CCNC(=NCCCC[C@@H](NC(C)=O)C(=O)N[C@H](Cc1ccc(Cl)cc1)C(=O)N[C@H](Cc1c[nH]c2ccccc12)C(=O)N[C@@H](CO)C(=O)N[C@@H](Cc1ccc(O)cc1)C(=O)N[C@H](Cc1ccc2ccccc2c1)C(=O)N[C@@H](CC(C)C)C(=O)N[C@@H](CCCN=C(N)N)C(=O)N1CCC[C@H]1C(=O)N[C@H](C)C(N)=O)NCC. The number of para-hydroxylation sites is 1. The van der Waals surface area contributed by atoms with Gasteiger partial charge in [-0.3, -0.25) is 62.7 Å². The molecular formula is C78H105ClN18O13. The highest BCUT2D eigenvalue weighted by Crippen LogP contribution is 2.24. The number of primary amides is 1. The van der Waals surface area contributed by atoms with E-state index in [1.165, 1.54) is 43.0 Å². The largest absolute Gasteiger partial charge is 0.508 e. The molecular weight excluding hydrogens is 1430 g/mol. The summed E-state index contributed by atoms with van der Waals surface area (Å²) in [6.07, 6.45) is 2.84. The third-order valence-corrected chi connectivity index (χ3v) is 18.8. The first-order valence-corrected chi connectivity index (χ1v) is 37.5. The second-order valence-electron chi connectivity index (χ2n) is 27.7. The minimum atomic E-state index is -1.83. The molecule has 32 heteroatoms. The van der Waals surface area contributed by atoms with Crippen molar-refractivity contribution in [3.63, 3.8) is 0 Å². The molecule has 1 aliphatic heterocycles. The van der Waals surface area contributed by atoms with E-state index in [9.17, 15) is 43.8 Å². The monoisotopic (exact) mass is 1540 g/mol. The van der Waals surface area contributed by atoms with Crippen molar-refractivity contribution in [2.24, 2.45) is 33.1 Å². The van der Waals surface area contributed by atoms with E-state index in [0.29, 0.717) is 83.0 Å². The first kappa shape index (κ1) is 85.9. The Morgan fingerprint density at radius 2 is 1.05 bits per heavy atom. The first-order valence-electron chi connectivity index (χ1n) is 37.2. The van der Waals surface area contributed by atoms with E-state index in [-0.39, 0.29) is 88.5 Å². The van der Waals surface area contributed by atoms with Gasteiger partial charge < -0.3 is 95.8 Å². The number of rotatable bonds is 41. The minimum Gasteiger partial charge on any atom is -0.508 e. The fourth-order valence-electron chi connectivity index (χ4n) is 12.8. The van der Waals surface area contributed by atoms with Gasteiger partial charge in [-0.15, -0.1) is 0 Å². The van der Waals surface area contributed by atoms with Crippen LogP contribution in [0.4, 0.5) is 0 Å². The Labute approximate surface area is 644 Å². The van der Waals surface area contributed by atoms with Gasteiger partial charge in [0.25, 0.3) is 0 Å². The molecule has 1 fully saturated rings. The van der Waals surface area contributed by atoms with Crippen LogP contribution in [0.25, 0.3) is 21.7 Å². The zero-order valence-electron chi connectivity index (χ0n) is 63.0. The van der Waals surface area contributed by atoms with Gasteiger partial charge in [0.15, 0.2) is 11.9 Å². The number of nitrogens with one attached hydrogen (secondary N) is 12. The van der Waals surface area contributed by atoms with Crippen molar-refractivity contribution in [1.82, 2.24) is 68.4 Å². The van der Waals surface area contributed by atoms with Crippen LogP contribution in [-0.2, 0) is 78.4 Å². The van der Waals surface area contributed by atoms with Crippen LogP contribution < -0.4 is 75.7 Å². The number of likely N-dealkylation sites (tertiary alicyclic amines) is 1. The third-order valence-electron chi connectivity index (χ3n) is 18.5. The smallest absolute Gasteiger partial charge is 0.245 e. The fourth-order valence-corrected chi connectivity index (χ4v) is 12.9. The van der Waals surface area contributed by atoms with Crippen molar-refractivity contribution < 1.29 is 63.0 Å². The predicted octanol–water partition coefficient (Wildman–Crippen LogP) is 1.67. The van der Waals surface area contributed by atoms with Gasteiger partial charge in [-0.05, 0) is 141 Å². The number of hydrogen-bond acceptors (Lipinski definition) is 15. The Bertz CT molecular complexity index is 4200. The fraction of sp³-hybridized carbons (Fsp3) is 0.449. The van der Waals surface area contributed by atoms with Gasteiger partial charge >= 0.3 is 0 Å². The molecule has 110 heavy (non-hydrogen) atoms. The highest BCUT2D eigenvalue weighted by atomic mass is 35.5. The average molecular weight is 1540 g/mol. The summed E-state index contributed by atoms with van der Waals surface area (Å²) >= 11 is 6.28. The van der Waals surface area contributed by atoms with Crippen molar-refractivity contribution in [2.75, 3.05) is 39.3 Å². The van der Waals surface area contributed by atoms with E-state index in [1.807, 2.05) is 56.3 Å². The predicted molar refractivity (Wildman–Crippen MR) is 419 cm³/mol. The molecule has 0 bridgehead atoms. The topological polar surface area (TPSA) is 482 Å². The molecule has 5 aromatic carbocycles. The normalized spacial score (nSPS) is 15.0. The lowest BCUT2D eigenvalue weighted by molar-refractivity contribution is -0.142. The van der Waals surface area contributed by atoms with Crippen LogP contribution in [0.1, 0.15) is 115 Å². The van der Waals surface area contributed by atoms with Crippen molar-refractivity contribution in [1.29, 1.82) is 0 Å². The lowest BCUT2D eigenvalue weighted by Crippen LogP contribution is -2.62. The standard InChI is InChI=1S/C78H105ClN18O13/c1-7-83-78(84-8-2)86-34-14-13-21-58(89-47(6)99)68(102)92-61(39-48-25-30-54(79)31-26-48)71(105)95-64(42-53-43-87-57-20-12-11-19-56(53)57)73(107)96-65(44-98)74(108)94-62(40-49-27-32-55(100)33-28-49)70(104)93-63(41-50-24-29-51-17-9-10-18-52(51)38-50)72(106)91-60(37-45(3)4)69(103)90-59(22-15-35-85-77(81)82)76(110)97-36-16-23-66(97)75(109)88-46(5)67(80)101/h9-12,17-20,24-33,38,43,45-46,58-66,87,98,100H,7-8,13-16,21-23,34-37,39-42,44H2,1-6H3,(H2,80,101)(H,88,109)(H,89,99)(H,90,103)(H,91,106)(H,92,102)(H,93,104)(H,94,108)(H,95,105)(H,96,107)(H4,81,82,85)(H2,83,84,86)/t46-,58-,59+,60+,61-,62+,63-,64-,65+,66+/m1/s1. The number of fused-ring (bicyclic) bond motifs is 2. The van der Waals surface area contributed by atoms with E-state index in [2.05, 4.69) is 73.5 Å². The number of carbonyl (C=O) groups excluding carboxylic acids is 11. The Morgan fingerprint density at radius 3 is 1.64 bits per heavy atom. The molecule has 1 saturated heterocycles. The van der Waals surface area contributed by atoms with E-state index in [0.717, 1.165) is 10.8 Å². The molecule has 31 nitrogen and oxygen atoms in total. The van der Waals surface area contributed by atoms with Crippen LogP contribution in [0.5, 0.6) is 5.75 Å². The number of guanidine groups is 2. The number of nitrogens with zero attached hydrogens (tertiary/aromatic N) is 3. The summed E-state index contributed by atoms with van der Waals surface area (Å²) in [4.78, 5) is 171. The highest BCUT2D eigenvalue weighted by molar-refractivity contribution is 6.30. The van der Waals surface area contributed by atoms with Gasteiger partial charge in [0.05, 0.1) is 6.61 Å². The van der Waals surface area contributed by atoms with Gasteiger partial charge in [0, 0.05) is 87.5 Å². The molecule has 7 rings (SSSR count). The zero-order valence-corrected chi connectivity index (χ0v) is 63.7. The molecule has 11 amide bonds. The number of hydrogen-bond donors (Lipinski definition) is 17. The second-order valence-corrected chi connectivity index (χ2v) is 28.1. The van der Waals surface area contributed by atoms with Crippen LogP contribution in [0.3, 0.4) is 0 Å². The van der Waals surface area contributed by atoms with Crippen molar-refractivity contribution >= 4 is 110 Å². The molecule has 592 valence electrons. The summed E-state index contributed by atoms with van der Waals surface area (Å²) in [6, 6.07) is 18.6. The number of phenolic OH excluding ortho intramolecular Hbond substituents is 1. The van der Waals surface area contributed by atoms with Crippen LogP contribution in [0.15, 0.2) is 131 Å². The molecule has 20 N–H and O–H groups in total. The second kappa shape index (κ2) is 43.0. The Morgan fingerprint density at radius 1 is 0.555 bits per heavy atom. The molecule has 0 radical (unpaired) electrons. The molecule has 2 heterocycles. The maximum absolute atomic E-state index is 15.3. The maximum Gasteiger partial charge on any atom is 0.245 e. The number of nitrogens with two attached hydrogens (primary N) is 3. The molecule has 1 aromatic heterocycles. The van der Waals surface area contributed by atoms with Crippen molar-refractivity contribution in [3.05, 3.63) is 149 Å². The maximum atomic E-state index is 15.3. The number of halogens is 1. The number of H-pyrrole nitrogens is 1. The number of aliphatic hydroxyl groups is 1. The molecule has 0 spiro atoms. The Balaban J connectivity index is 1.17. The number of phenols is 1. The highest BCUT2D eigenvalue weighted by Gasteiger charge is 2.40. The van der Waals surface area contributed by atoms with E-state index in [4.69, 9.17) is 28.8 Å². The lowest BCUT2D eigenvalue weighted by Gasteiger charge is -2.31. The number of aliphatic hydroxyl groups excluding tert-OH is 1. The Hall–Kier alpha value is -11.3. The quantitative estimate of drug-likeness (QED) is 0.0147. The molecule has 0 unspecified atom stereocenters. The first-order chi connectivity index (χ1) is 52.6. The summed E-state index contributed by atoms with van der Waals surface area (Å²) in [6.45, 7) is 11.0. The molecule has 0 saturated carbocycles. The number of amides is 11. The number of aromatic hydroxyl groups is 1. The average Bonchev–Trinajstić information content (AvgIpc) is 1.59. The number of aromatic amines is 1. The number of carbonyl (C=O) groups is 11. The Kier molecular flexibility index (Phi) is 33.6. The number of unbranched alkanes of at least 4 members (excludes halogenated alkanes) is 1. The van der Waals surface area contributed by atoms with E-state index < -0.39 is 132 Å². The van der Waals surface area contributed by atoms with Crippen LogP contribution in [0.2, 0.25) is 5.02 Å². The summed E-state index contributed by atoms with van der Waals surface area (Å²) in [5, 5.41) is 55.1. The van der Waals surface area contributed by atoms with E-state index in [1.54, 1.807) is 68.6 Å². The summed E-state index contributed by atoms with van der Waals surface area (Å²) in [7, 11) is 0. The van der Waals surface area contributed by atoms with E-state index >= 15 is 19.2 Å². The van der Waals surface area contributed by atoms with Crippen LogP contribution >= 0.6 is 11.6 Å². The third kappa shape index (κ3) is 26.8. The van der Waals surface area contributed by atoms with Gasteiger partial charge in [-0.2, -0.15) is 0 Å². The number of benzene rings is 5. The number of aliphatic imine (C=N–C) groups is 2. The van der Waals surface area contributed by atoms with Crippen molar-refractivity contribution in [3.8, 4) is 5.75 Å². The van der Waals surface area contributed by atoms with Crippen molar-refractivity contribution in [2.45, 2.75) is 179 Å². The lowest BCUT2D eigenvalue weighted by atomic mass is 9.98. The van der Waals surface area contributed by atoms with Gasteiger partial charge in [-0.25, -0.2) is 0 Å². The molecule has 10 atom stereocenters. The minimum absolute atomic E-state index is 0.0112. The molecule has 0 aliphatic carbocycles. The summed E-state index contributed by atoms with van der Waals surface area (Å²) < 4.78 is 0. The van der Waals surface area contributed by atoms with Gasteiger partial charge in [0.1, 0.15) is 66.2 Å². The molecule has 1 aliphatic rings. The van der Waals surface area contributed by atoms with Crippen LogP contribution in [0, 0.1) is 5.92 Å².